The standard InChI is InChI=1S/C15H32N2/c1-6-14-7-9-17(10-8-16-14)11-15(12(2)3)13(4)5/h12-16H,6-11H2,1-5H3. The van der Waals surface area contributed by atoms with Gasteiger partial charge in [-0.3, -0.25) is 0 Å². The fourth-order valence-corrected chi connectivity index (χ4v) is 3.00. The molecule has 2 heteroatoms. The first-order valence-electron chi connectivity index (χ1n) is 7.50. The molecule has 102 valence electrons. The van der Waals surface area contributed by atoms with Crippen molar-refractivity contribution in [2.45, 2.75) is 53.5 Å². The van der Waals surface area contributed by atoms with Gasteiger partial charge in [0.25, 0.3) is 0 Å². The lowest BCUT2D eigenvalue weighted by molar-refractivity contribution is 0.172. The van der Waals surface area contributed by atoms with Gasteiger partial charge >= 0.3 is 0 Å². The van der Waals surface area contributed by atoms with Gasteiger partial charge in [-0.1, -0.05) is 34.6 Å². The molecule has 1 aliphatic heterocycles. The average molecular weight is 240 g/mol. The van der Waals surface area contributed by atoms with Crippen LogP contribution in [-0.2, 0) is 0 Å². The predicted molar refractivity (Wildman–Crippen MR) is 76.3 cm³/mol. The Morgan fingerprint density at radius 3 is 2.29 bits per heavy atom. The maximum atomic E-state index is 3.65. The number of nitrogens with one attached hydrogen (secondary N) is 1. The highest BCUT2D eigenvalue weighted by atomic mass is 15.2. The molecule has 0 aromatic carbocycles. The zero-order valence-electron chi connectivity index (χ0n) is 12.5. The van der Waals surface area contributed by atoms with Crippen molar-refractivity contribution in [1.82, 2.24) is 10.2 Å². The van der Waals surface area contributed by atoms with Crippen LogP contribution in [0.2, 0.25) is 0 Å². The molecule has 0 aromatic rings. The summed E-state index contributed by atoms with van der Waals surface area (Å²) in [5, 5.41) is 3.65. The highest BCUT2D eigenvalue weighted by molar-refractivity contribution is 4.77. The minimum absolute atomic E-state index is 0.747. The molecule has 1 rings (SSSR count). The van der Waals surface area contributed by atoms with Gasteiger partial charge in [-0.2, -0.15) is 0 Å². The van der Waals surface area contributed by atoms with E-state index < -0.39 is 0 Å². The minimum Gasteiger partial charge on any atom is -0.313 e. The minimum atomic E-state index is 0.747. The molecule has 17 heavy (non-hydrogen) atoms. The predicted octanol–water partition coefficient (Wildman–Crippen LogP) is 2.99. The highest BCUT2D eigenvalue weighted by Gasteiger charge is 2.22. The van der Waals surface area contributed by atoms with E-state index in [2.05, 4.69) is 44.8 Å². The molecule has 1 fully saturated rings. The van der Waals surface area contributed by atoms with Gasteiger partial charge in [0, 0.05) is 25.7 Å². The Morgan fingerprint density at radius 2 is 1.76 bits per heavy atom. The molecule has 2 nitrogen and oxygen atoms in total. The van der Waals surface area contributed by atoms with Crippen molar-refractivity contribution in [3.8, 4) is 0 Å². The fraction of sp³-hybridized carbons (Fsp3) is 1.00. The molecular formula is C15H32N2. The van der Waals surface area contributed by atoms with Crippen LogP contribution in [0.1, 0.15) is 47.5 Å². The Kier molecular flexibility index (Phi) is 6.50. The van der Waals surface area contributed by atoms with Crippen LogP contribution in [0, 0.1) is 17.8 Å². The number of hydrogen-bond donors (Lipinski definition) is 1. The molecule has 1 saturated heterocycles. The second-order valence-corrected chi connectivity index (χ2v) is 6.30. The third-order valence-electron chi connectivity index (χ3n) is 4.33. The van der Waals surface area contributed by atoms with Gasteiger partial charge in [-0.25, -0.2) is 0 Å². The smallest absolute Gasteiger partial charge is 0.0107 e. The quantitative estimate of drug-likeness (QED) is 0.795. The zero-order chi connectivity index (χ0) is 12.8. The van der Waals surface area contributed by atoms with Gasteiger partial charge in [0.15, 0.2) is 0 Å². The lowest BCUT2D eigenvalue weighted by Crippen LogP contribution is -2.36. The Balaban J connectivity index is 2.44. The first kappa shape index (κ1) is 15.0. The van der Waals surface area contributed by atoms with E-state index >= 15 is 0 Å². The normalized spacial score (nSPS) is 23.6. The van der Waals surface area contributed by atoms with E-state index in [0.29, 0.717) is 0 Å². The molecule has 0 amide bonds. The summed E-state index contributed by atoms with van der Waals surface area (Å²) < 4.78 is 0. The van der Waals surface area contributed by atoms with Crippen LogP contribution in [-0.4, -0.2) is 37.1 Å². The molecule has 1 N–H and O–H groups in total. The number of nitrogens with zero attached hydrogens (tertiary/aromatic N) is 1. The van der Waals surface area contributed by atoms with E-state index in [0.717, 1.165) is 23.8 Å². The zero-order valence-corrected chi connectivity index (χ0v) is 12.5. The molecule has 1 atom stereocenters. The van der Waals surface area contributed by atoms with Crippen LogP contribution >= 0.6 is 0 Å². The van der Waals surface area contributed by atoms with Gasteiger partial charge in [0.2, 0.25) is 0 Å². The van der Waals surface area contributed by atoms with Crippen LogP contribution in [0.25, 0.3) is 0 Å². The van der Waals surface area contributed by atoms with Gasteiger partial charge in [0.1, 0.15) is 0 Å². The van der Waals surface area contributed by atoms with Crippen molar-refractivity contribution in [3.05, 3.63) is 0 Å². The van der Waals surface area contributed by atoms with E-state index in [1.54, 1.807) is 0 Å². The third-order valence-corrected chi connectivity index (χ3v) is 4.33. The van der Waals surface area contributed by atoms with Crippen molar-refractivity contribution < 1.29 is 0 Å². The van der Waals surface area contributed by atoms with E-state index in [1.807, 2.05) is 0 Å². The van der Waals surface area contributed by atoms with E-state index in [1.165, 1.54) is 39.0 Å². The van der Waals surface area contributed by atoms with Crippen LogP contribution < -0.4 is 5.32 Å². The monoisotopic (exact) mass is 240 g/mol. The van der Waals surface area contributed by atoms with Gasteiger partial charge < -0.3 is 10.2 Å². The fourth-order valence-electron chi connectivity index (χ4n) is 3.00. The first-order valence-corrected chi connectivity index (χ1v) is 7.50. The largest absolute Gasteiger partial charge is 0.313 e. The lowest BCUT2D eigenvalue weighted by atomic mass is 9.85. The molecule has 1 aliphatic rings. The topological polar surface area (TPSA) is 15.3 Å². The van der Waals surface area contributed by atoms with Crippen LogP contribution in [0.4, 0.5) is 0 Å². The van der Waals surface area contributed by atoms with E-state index in [-0.39, 0.29) is 0 Å². The van der Waals surface area contributed by atoms with Crippen LogP contribution in [0.15, 0.2) is 0 Å². The van der Waals surface area contributed by atoms with Gasteiger partial charge in [-0.15, -0.1) is 0 Å². The summed E-state index contributed by atoms with van der Waals surface area (Å²) in [7, 11) is 0. The maximum absolute atomic E-state index is 3.65. The second kappa shape index (κ2) is 7.38. The van der Waals surface area contributed by atoms with Crippen molar-refractivity contribution in [3.63, 3.8) is 0 Å². The molecule has 0 spiro atoms. The summed E-state index contributed by atoms with van der Waals surface area (Å²) in [6.45, 7) is 16.7. The molecule has 0 saturated carbocycles. The van der Waals surface area contributed by atoms with Crippen LogP contribution in [0.3, 0.4) is 0 Å². The molecular weight excluding hydrogens is 208 g/mol. The number of rotatable bonds is 5. The van der Waals surface area contributed by atoms with E-state index in [4.69, 9.17) is 0 Å². The maximum Gasteiger partial charge on any atom is 0.0107 e. The summed E-state index contributed by atoms with van der Waals surface area (Å²) in [6, 6.07) is 0.747. The Labute approximate surface area is 108 Å². The van der Waals surface area contributed by atoms with Crippen LogP contribution in [0.5, 0.6) is 0 Å². The van der Waals surface area contributed by atoms with E-state index in [9.17, 15) is 0 Å². The summed E-state index contributed by atoms with van der Waals surface area (Å²) in [5.41, 5.74) is 0. The summed E-state index contributed by atoms with van der Waals surface area (Å²) in [6.07, 6.45) is 2.59. The van der Waals surface area contributed by atoms with Crippen molar-refractivity contribution >= 4 is 0 Å². The van der Waals surface area contributed by atoms with Crippen molar-refractivity contribution in [2.24, 2.45) is 17.8 Å². The lowest BCUT2D eigenvalue weighted by Gasteiger charge is -2.31. The van der Waals surface area contributed by atoms with Gasteiger partial charge in [-0.05, 0) is 37.1 Å². The Bertz CT molecular complexity index is 193. The van der Waals surface area contributed by atoms with Gasteiger partial charge in [0.05, 0.1) is 0 Å². The second-order valence-electron chi connectivity index (χ2n) is 6.30. The SMILES string of the molecule is CCC1CCN(CC(C(C)C)C(C)C)CCN1. The molecule has 1 unspecified atom stereocenters. The Morgan fingerprint density at radius 1 is 1.12 bits per heavy atom. The summed E-state index contributed by atoms with van der Waals surface area (Å²) in [4.78, 5) is 2.67. The molecule has 0 bridgehead atoms. The third kappa shape index (κ3) is 4.97. The molecule has 0 radical (unpaired) electrons. The Hall–Kier alpha value is -0.0800. The van der Waals surface area contributed by atoms with Crippen molar-refractivity contribution in [1.29, 1.82) is 0 Å². The molecule has 0 aliphatic carbocycles. The average Bonchev–Trinajstić information content (AvgIpc) is 2.49. The highest BCUT2D eigenvalue weighted by Crippen LogP contribution is 2.22. The van der Waals surface area contributed by atoms with Crippen molar-refractivity contribution in [2.75, 3.05) is 26.2 Å². The number of hydrogen-bond acceptors (Lipinski definition) is 2. The summed E-state index contributed by atoms with van der Waals surface area (Å²) in [5.74, 6) is 2.44. The summed E-state index contributed by atoms with van der Waals surface area (Å²) >= 11 is 0. The molecule has 0 aromatic heterocycles. The first-order chi connectivity index (χ1) is 8.04. The molecule has 1 heterocycles.